The van der Waals surface area contributed by atoms with E-state index in [2.05, 4.69) is 46.0 Å². The summed E-state index contributed by atoms with van der Waals surface area (Å²) in [6.07, 6.45) is 1.29. The third-order valence-electron chi connectivity index (χ3n) is 6.52. The molecule has 2 rings (SSSR count). The monoisotopic (exact) mass is 477 g/mol. The van der Waals surface area contributed by atoms with Crippen LogP contribution >= 0.6 is 0 Å². The molecule has 1 aromatic carbocycles. The van der Waals surface area contributed by atoms with Crippen LogP contribution in [0.15, 0.2) is 30.3 Å². The maximum absolute atomic E-state index is 13.1. The van der Waals surface area contributed by atoms with Crippen molar-refractivity contribution in [1.82, 2.24) is 4.90 Å². The summed E-state index contributed by atoms with van der Waals surface area (Å²) >= 11 is 0. The Labute approximate surface area is 201 Å². The first-order valence-electron chi connectivity index (χ1n) is 12.0. The standard InChI is InChI=1S/C26H43NO5Si/c1-19(28)30-22-16-15-21(27(18-22)24(29)31-25(2,3)4)17-23(20-13-11-10-12-14-20)32-33(8,9)26(5,6)7/h10-14,21-23H,15-18H2,1-9H3. The number of hydrogen-bond donors (Lipinski definition) is 0. The van der Waals surface area contributed by atoms with Crippen molar-refractivity contribution in [2.75, 3.05) is 6.54 Å². The van der Waals surface area contributed by atoms with Crippen LogP contribution in [0.2, 0.25) is 18.1 Å². The molecule has 1 aliphatic heterocycles. The third kappa shape index (κ3) is 8.14. The van der Waals surface area contributed by atoms with Crippen molar-refractivity contribution >= 4 is 20.4 Å². The second-order valence-electron chi connectivity index (χ2n) is 11.6. The topological polar surface area (TPSA) is 65.1 Å². The van der Waals surface area contributed by atoms with E-state index in [1.54, 1.807) is 4.90 Å². The van der Waals surface area contributed by atoms with Crippen LogP contribution in [0.1, 0.15) is 79.4 Å². The summed E-state index contributed by atoms with van der Waals surface area (Å²) in [4.78, 5) is 26.4. The van der Waals surface area contributed by atoms with Gasteiger partial charge in [0.1, 0.15) is 11.7 Å². The second-order valence-corrected chi connectivity index (χ2v) is 16.4. The number of carbonyl (C=O) groups excluding carboxylic acids is 2. The summed E-state index contributed by atoms with van der Waals surface area (Å²) in [5, 5.41) is 0.0673. The fraction of sp³-hybridized carbons (Fsp3) is 0.692. The SMILES string of the molecule is CC(=O)OC1CCC(CC(O[Si](C)(C)C(C)(C)C)c2ccccc2)N(C(=O)OC(C)(C)C)C1. The molecule has 0 saturated carbocycles. The molecule has 0 aliphatic carbocycles. The van der Waals surface area contributed by atoms with Gasteiger partial charge in [-0.25, -0.2) is 4.79 Å². The zero-order chi connectivity index (χ0) is 25.0. The van der Waals surface area contributed by atoms with Crippen molar-refractivity contribution in [1.29, 1.82) is 0 Å². The average molecular weight is 478 g/mol. The predicted octanol–water partition coefficient (Wildman–Crippen LogP) is 6.47. The highest BCUT2D eigenvalue weighted by atomic mass is 28.4. The molecule has 1 aromatic rings. The summed E-state index contributed by atoms with van der Waals surface area (Å²) < 4.78 is 18.1. The lowest BCUT2D eigenvalue weighted by Gasteiger charge is -2.43. The van der Waals surface area contributed by atoms with Crippen molar-refractivity contribution < 1.29 is 23.5 Å². The fourth-order valence-electron chi connectivity index (χ4n) is 3.81. The molecular formula is C26H43NO5Si. The van der Waals surface area contributed by atoms with E-state index in [4.69, 9.17) is 13.9 Å². The van der Waals surface area contributed by atoms with E-state index in [1.165, 1.54) is 6.92 Å². The van der Waals surface area contributed by atoms with Crippen LogP contribution in [-0.4, -0.2) is 49.6 Å². The van der Waals surface area contributed by atoms with Crippen LogP contribution in [0, 0.1) is 0 Å². The van der Waals surface area contributed by atoms with Gasteiger partial charge in [-0.15, -0.1) is 0 Å². The summed E-state index contributed by atoms with van der Waals surface area (Å²) in [5.41, 5.74) is 0.514. The number of esters is 1. The molecule has 0 aromatic heterocycles. The van der Waals surface area contributed by atoms with Crippen LogP contribution in [0.5, 0.6) is 0 Å². The first-order valence-corrected chi connectivity index (χ1v) is 14.9. The fourth-order valence-corrected chi connectivity index (χ4v) is 5.11. The van der Waals surface area contributed by atoms with Crippen LogP contribution in [0.4, 0.5) is 4.79 Å². The highest BCUT2D eigenvalue weighted by Gasteiger charge is 2.42. The van der Waals surface area contributed by atoms with Gasteiger partial charge >= 0.3 is 12.1 Å². The average Bonchev–Trinajstić information content (AvgIpc) is 2.66. The number of nitrogens with zero attached hydrogens (tertiary/aromatic N) is 1. The first kappa shape index (κ1) is 27.4. The van der Waals surface area contributed by atoms with Gasteiger partial charge in [-0.3, -0.25) is 4.79 Å². The molecule has 0 spiro atoms. The molecule has 186 valence electrons. The van der Waals surface area contributed by atoms with E-state index in [-0.39, 0.29) is 35.4 Å². The summed E-state index contributed by atoms with van der Waals surface area (Å²) in [6, 6.07) is 10.2. The van der Waals surface area contributed by atoms with Gasteiger partial charge in [0, 0.05) is 13.0 Å². The smallest absolute Gasteiger partial charge is 0.410 e. The molecule has 6 nitrogen and oxygen atoms in total. The molecule has 0 N–H and O–H groups in total. The highest BCUT2D eigenvalue weighted by molar-refractivity contribution is 6.74. The molecule has 1 aliphatic rings. The highest BCUT2D eigenvalue weighted by Crippen LogP contribution is 2.42. The molecule has 3 atom stereocenters. The molecule has 1 saturated heterocycles. The van der Waals surface area contributed by atoms with Gasteiger partial charge in [-0.1, -0.05) is 51.1 Å². The van der Waals surface area contributed by atoms with Crippen LogP contribution in [0.3, 0.4) is 0 Å². The van der Waals surface area contributed by atoms with Gasteiger partial charge in [0.15, 0.2) is 8.32 Å². The zero-order valence-electron chi connectivity index (χ0n) is 21.9. The van der Waals surface area contributed by atoms with Crippen molar-refractivity contribution in [2.24, 2.45) is 0 Å². The van der Waals surface area contributed by atoms with E-state index in [0.717, 1.165) is 12.0 Å². The molecule has 0 radical (unpaired) electrons. The Morgan fingerprint density at radius 3 is 2.18 bits per heavy atom. The Kier molecular flexibility index (Phi) is 8.79. The number of benzene rings is 1. The number of amides is 1. The Morgan fingerprint density at radius 2 is 1.67 bits per heavy atom. The van der Waals surface area contributed by atoms with Gasteiger partial charge in [-0.2, -0.15) is 0 Å². The Morgan fingerprint density at radius 1 is 1.06 bits per heavy atom. The molecule has 33 heavy (non-hydrogen) atoms. The quantitative estimate of drug-likeness (QED) is 0.347. The van der Waals surface area contributed by atoms with Gasteiger partial charge in [-0.05, 0) is 63.7 Å². The first-order chi connectivity index (χ1) is 15.1. The maximum atomic E-state index is 13.1. The lowest BCUT2D eigenvalue weighted by atomic mass is 9.93. The van der Waals surface area contributed by atoms with Gasteiger partial charge < -0.3 is 18.8 Å². The van der Waals surface area contributed by atoms with Crippen LogP contribution < -0.4 is 0 Å². The summed E-state index contributed by atoms with van der Waals surface area (Å²) in [7, 11) is -2.06. The number of piperidine rings is 1. The predicted molar refractivity (Wildman–Crippen MR) is 134 cm³/mol. The Hall–Kier alpha value is -1.86. The molecule has 1 fully saturated rings. The Balaban J connectivity index is 2.32. The largest absolute Gasteiger partial charge is 0.461 e. The second kappa shape index (κ2) is 10.6. The molecule has 1 heterocycles. The van der Waals surface area contributed by atoms with Crippen molar-refractivity contribution in [3.63, 3.8) is 0 Å². The minimum Gasteiger partial charge on any atom is -0.461 e. The van der Waals surface area contributed by atoms with Gasteiger partial charge in [0.2, 0.25) is 0 Å². The van der Waals surface area contributed by atoms with Crippen molar-refractivity contribution in [2.45, 2.75) is 110 Å². The number of carbonyl (C=O) groups is 2. The lowest BCUT2D eigenvalue weighted by Crippen LogP contribution is -2.52. The minimum absolute atomic E-state index is 0.0673. The summed E-state index contributed by atoms with van der Waals surface area (Å²) in [6.45, 7) is 18.5. The molecular weight excluding hydrogens is 434 g/mol. The van der Waals surface area contributed by atoms with Gasteiger partial charge in [0.25, 0.3) is 0 Å². The van der Waals surface area contributed by atoms with E-state index < -0.39 is 13.9 Å². The van der Waals surface area contributed by atoms with Crippen LogP contribution in [-0.2, 0) is 18.7 Å². The van der Waals surface area contributed by atoms with Crippen LogP contribution in [0.25, 0.3) is 0 Å². The maximum Gasteiger partial charge on any atom is 0.410 e. The molecule has 7 heteroatoms. The van der Waals surface area contributed by atoms with E-state index in [9.17, 15) is 9.59 Å². The van der Waals surface area contributed by atoms with E-state index in [0.29, 0.717) is 19.4 Å². The number of ether oxygens (including phenoxy) is 2. The number of hydrogen-bond acceptors (Lipinski definition) is 5. The normalized spacial score (nSPS) is 20.8. The van der Waals surface area contributed by atoms with Crippen molar-refractivity contribution in [3.05, 3.63) is 35.9 Å². The zero-order valence-corrected chi connectivity index (χ0v) is 22.9. The number of rotatable bonds is 6. The third-order valence-corrected chi connectivity index (χ3v) is 11.0. The van der Waals surface area contributed by atoms with Gasteiger partial charge in [0.05, 0.1) is 12.6 Å². The van der Waals surface area contributed by atoms with E-state index in [1.807, 2.05) is 39.0 Å². The molecule has 1 amide bonds. The number of likely N-dealkylation sites (tertiary alicyclic amines) is 1. The van der Waals surface area contributed by atoms with Crippen molar-refractivity contribution in [3.8, 4) is 0 Å². The minimum atomic E-state index is -2.06. The lowest BCUT2D eigenvalue weighted by molar-refractivity contribution is -0.150. The van der Waals surface area contributed by atoms with E-state index >= 15 is 0 Å². The molecule has 0 bridgehead atoms. The molecule has 3 unspecified atom stereocenters. The summed E-state index contributed by atoms with van der Waals surface area (Å²) in [5.74, 6) is -0.328. The Bertz CT molecular complexity index is 797.